The Morgan fingerprint density at radius 1 is 1.29 bits per heavy atom. The number of aryl methyl sites for hydroxylation is 2. The van der Waals surface area contributed by atoms with E-state index in [2.05, 4.69) is 5.10 Å². The van der Waals surface area contributed by atoms with E-state index in [4.69, 9.17) is 9.47 Å². The molecule has 0 radical (unpaired) electrons. The Kier molecular flexibility index (Phi) is 5.43. The van der Waals surface area contributed by atoms with E-state index in [1.165, 1.54) is 12.8 Å². The number of carbonyl (C=O) groups is 1. The summed E-state index contributed by atoms with van der Waals surface area (Å²) in [5.41, 5.74) is 1.78. The Hall–Kier alpha value is -1.56. The van der Waals surface area contributed by atoms with E-state index >= 15 is 0 Å². The Balaban J connectivity index is 1.63. The molecule has 134 valence electrons. The molecule has 1 saturated heterocycles. The van der Waals surface area contributed by atoms with Gasteiger partial charge in [0.1, 0.15) is 5.69 Å². The van der Waals surface area contributed by atoms with E-state index in [0.29, 0.717) is 12.6 Å². The van der Waals surface area contributed by atoms with Crippen molar-refractivity contribution in [3.05, 3.63) is 11.4 Å². The molecule has 1 aromatic heterocycles. The minimum Gasteiger partial charge on any atom is -0.480 e. The summed E-state index contributed by atoms with van der Waals surface area (Å²) in [5, 5.41) is 4.34. The van der Waals surface area contributed by atoms with Crippen molar-refractivity contribution in [2.75, 3.05) is 19.8 Å². The third-order valence-corrected chi connectivity index (χ3v) is 5.29. The van der Waals surface area contributed by atoms with Crippen molar-refractivity contribution in [3.63, 3.8) is 0 Å². The highest BCUT2D eigenvalue weighted by Gasteiger charge is 2.30. The quantitative estimate of drug-likeness (QED) is 0.801. The molecule has 2 aliphatic rings. The number of rotatable bonds is 6. The number of carbonyl (C=O) groups excluding carboxylic acids is 1. The summed E-state index contributed by atoms with van der Waals surface area (Å²) < 4.78 is 13.4. The highest BCUT2D eigenvalue weighted by atomic mass is 16.5. The predicted molar refractivity (Wildman–Crippen MR) is 91.1 cm³/mol. The molecule has 3 rings (SSSR count). The Labute approximate surface area is 144 Å². The first kappa shape index (κ1) is 17.3. The van der Waals surface area contributed by atoms with Crippen molar-refractivity contribution < 1.29 is 14.3 Å². The smallest absolute Gasteiger partial charge is 0.260 e. The molecule has 0 aromatic carbocycles. The standard InChI is InChI=1S/C18H29N3O3/c1-13-18(14(2)20(3)19-13)24-12-17(22)21(15-7-4-5-8-15)11-16-9-6-10-23-16/h15-16H,4-12H2,1-3H3/t16-/m0/s1. The van der Waals surface area contributed by atoms with E-state index in [1.54, 1.807) is 4.68 Å². The number of hydrogen-bond acceptors (Lipinski definition) is 4. The fourth-order valence-electron chi connectivity index (χ4n) is 3.86. The predicted octanol–water partition coefficient (Wildman–Crippen LogP) is 2.37. The Morgan fingerprint density at radius 2 is 2.04 bits per heavy atom. The van der Waals surface area contributed by atoms with Crippen molar-refractivity contribution in [2.24, 2.45) is 7.05 Å². The molecule has 1 aliphatic heterocycles. The van der Waals surface area contributed by atoms with Gasteiger partial charge < -0.3 is 14.4 Å². The van der Waals surface area contributed by atoms with Crippen molar-refractivity contribution in [3.8, 4) is 5.75 Å². The first-order valence-corrected chi connectivity index (χ1v) is 9.10. The lowest BCUT2D eigenvalue weighted by Gasteiger charge is -2.31. The maximum Gasteiger partial charge on any atom is 0.260 e. The first-order valence-electron chi connectivity index (χ1n) is 9.10. The molecule has 2 heterocycles. The summed E-state index contributed by atoms with van der Waals surface area (Å²) in [5.74, 6) is 0.800. The normalized spacial score (nSPS) is 21.4. The number of aromatic nitrogens is 2. The van der Waals surface area contributed by atoms with Gasteiger partial charge in [-0.05, 0) is 39.5 Å². The fourth-order valence-corrected chi connectivity index (χ4v) is 3.86. The van der Waals surface area contributed by atoms with Crippen LogP contribution in [0.2, 0.25) is 0 Å². The summed E-state index contributed by atoms with van der Waals surface area (Å²) in [7, 11) is 1.89. The van der Waals surface area contributed by atoms with Gasteiger partial charge in [0.2, 0.25) is 0 Å². The molecular weight excluding hydrogens is 306 g/mol. The highest BCUT2D eigenvalue weighted by Crippen LogP contribution is 2.26. The van der Waals surface area contributed by atoms with E-state index in [0.717, 1.165) is 49.4 Å². The Morgan fingerprint density at radius 3 is 2.62 bits per heavy atom. The lowest BCUT2D eigenvalue weighted by molar-refractivity contribution is -0.137. The Bertz CT molecular complexity index is 572. The minimum atomic E-state index is 0.0695. The number of hydrogen-bond donors (Lipinski definition) is 0. The lowest BCUT2D eigenvalue weighted by Crippen LogP contribution is -2.45. The topological polar surface area (TPSA) is 56.6 Å². The van der Waals surface area contributed by atoms with Gasteiger partial charge >= 0.3 is 0 Å². The minimum absolute atomic E-state index is 0.0695. The summed E-state index contributed by atoms with van der Waals surface area (Å²) >= 11 is 0. The first-order chi connectivity index (χ1) is 11.6. The molecule has 0 N–H and O–H groups in total. The summed E-state index contributed by atoms with van der Waals surface area (Å²) in [6.07, 6.45) is 6.97. The van der Waals surface area contributed by atoms with Gasteiger partial charge in [-0.25, -0.2) is 0 Å². The van der Waals surface area contributed by atoms with Crippen molar-refractivity contribution >= 4 is 5.91 Å². The molecule has 0 bridgehead atoms. The van der Waals surface area contributed by atoms with E-state index < -0.39 is 0 Å². The van der Waals surface area contributed by atoms with Crippen molar-refractivity contribution in [1.29, 1.82) is 0 Å². The van der Waals surface area contributed by atoms with Crippen LogP contribution in [0.4, 0.5) is 0 Å². The summed E-state index contributed by atoms with van der Waals surface area (Å²) in [6.45, 7) is 5.48. The summed E-state index contributed by atoms with van der Waals surface area (Å²) in [6, 6.07) is 0.349. The number of nitrogens with zero attached hydrogens (tertiary/aromatic N) is 3. The summed E-state index contributed by atoms with van der Waals surface area (Å²) in [4.78, 5) is 14.9. The molecule has 0 unspecified atom stereocenters. The van der Waals surface area contributed by atoms with Crippen LogP contribution in [0, 0.1) is 13.8 Å². The monoisotopic (exact) mass is 335 g/mol. The van der Waals surface area contributed by atoms with Gasteiger partial charge in [-0.15, -0.1) is 0 Å². The maximum atomic E-state index is 12.8. The van der Waals surface area contributed by atoms with E-state index in [9.17, 15) is 4.79 Å². The molecule has 1 atom stereocenters. The maximum absolute atomic E-state index is 12.8. The second-order valence-electron chi connectivity index (χ2n) is 7.03. The highest BCUT2D eigenvalue weighted by molar-refractivity contribution is 5.78. The van der Waals surface area contributed by atoms with Crippen LogP contribution in [0.1, 0.15) is 49.9 Å². The molecular formula is C18H29N3O3. The van der Waals surface area contributed by atoms with Crippen LogP contribution in [-0.4, -0.2) is 52.5 Å². The number of ether oxygens (including phenoxy) is 2. The van der Waals surface area contributed by atoms with Gasteiger partial charge in [-0.2, -0.15) is 5.10 Å². The van der Waals surface area contributed by atoms with E-state index in [1.807, 2.05) is 25.8 Å². The van der Waals surface area contributed by atoms with Crippen LogP contribution < -0.4 is 4.74 Å². The molecule has 6 heteroatoms. The van der Waals surface area contributed by atoms with Gasteiger partial charge in [0.05, 0.1) is 11.8 Å². The van der Waals surface area contributed by atoms with Gasteiger partial charge in [0.25, 0.3) is 5.91 Å². The molecule has 1 aliphatic carbocycles. The average Bonchev–Trinajstić information content (AvgIpc) is 3.28. The zero-order valence-corrected chi connectivity index (χ0v) is 15.1. The SMILES string of the molecule is Cc1nn(C)c(C)c1OCC(=O)N(C[C@@H]1CCCO1)C1CCCC1. The van der Waals surface area contributed by atoms with Crippen LogP contribution in [0.3, 0.4) is 0 Å². The lowest BCUT2D eigenvalue weighted by atomic mass is 10.1. The molecule has 0 spiro atoms. The van der Waals surface area contributed by atoms with Crippen molar-refractivity contribution in [2.45, 2.75) is 64.5 Å². The van der Waals surface area contributed by atoms with Gasteiger partial charge in [-0.1, -0.05) is 12.8 Å². The molecule has 1 saturated carbocycles. The molecule has 2 fully saturated rings. The van der Waals surface area contributed by atoms with Crippen molar-refractivity contribution in [1.82, 2.24) is 14.7 Å². The third-order valence-electron chi connectivity index (χ3n) is 5.29. The van der Waals surface area contributed by atoms with Gasteiger partial charge in [-0.3, -0.25) is 9.48 Å². The number of amides is 1. The molecule has 6 nitrogen and oxygen atoms in total. The van der Waals surface area contributed by atoms with Crippen LogP contribution in [-0.2, 0) is 16.6 Å². The molecule has 24 heavy (non-hydrogen) atoms. The second kappa shape index (κ2) is 7.55. The molecule has 1 amide bonds. The van der Waals surface area contributed by atoms with Crippen LogP contribution in [0.25, 0.3) is 0 Å². The van der Waals surface area contributed by atoms with E-state index in [-0.39, 0.29) is 18.6 Å². The third kappa shape index (κ3) is 3.74. The average molecular weight is 335 g/mol. The second-order valence-corrected chi connectivity index (χ2v) is 7.03. The zero-order valence-electron chi connectivity index (χ0n) is 15.1. The van der Waals surface area contributed by atoms with Gasteiger partial charge in [0, 0.05) is 26.2 Å². The fraction of sp³-hybridized carbons (Fsp3) is 0.778. The van der Waals surface area contributed by atoms with Crippen LogP contribution in [0.5, 0.6) is 5.75 Å². The van der Waals surface area contributed by atoms with Crippen LogP contribution in [0.15, 0.2) is 0 Å². The zero-order chi connectivity index (χ0) is 17.1. The molecule has 1 aromatic rings. The van der Waals surface area contributed by atoms with Crippen LogP contribution >= 0.6 is 0 Å². The van der Waals surface area contributed by atoms with Gasteiger partial charge in [0.15, 0.2) is 12.4 Å². The largest absolute Gasteiger partial charge is 0.480 e.